The number of sulfonamides is 1. The zero-order valence-electron chi connectivity index (χ0n) is 17.0. The SMILES string of the molecule is O=C(OCc1ccc(-n2cccn2)cc1)C1CCN(S(=O)(=O)c2cc(F)ccc2F)CC1. The van der Waals surface area contributed by atoms with Crippen molar-refractivity contribution in [2.45, 2.75) is 24.3 Å². The number of rotatable bonds is 6. The molecule has 7 nitrogen and oxygen atoms in total. The average Bonchev–Trinajstić information content (AvgIpc) is 3.34. The summed E-state index contributed by atoms with van der Waals surface area (Å²) in [5.74, 6) is -2.70. The van der Waals surface area contributed by atoms with E-state index >= 15 is 0 Å². The largest absolute Gasteiger partial charge is 0.461 e. The van der Waals surface area contributed by atoms with Crippen LogP contribution in [0.25, 0.3) is 5.69 Å². The molecule has 0 saturated carbocycles. The van der Waals surface area contributed by atoms with Crippen LogP contribution in [-0.4, -0.2) is 41.6 Å². The fraction of sp³-hybridized carbons (Fsp3) is 0.273. The van der Waals surface area contributed by atoms with Crippen LogP contribution in [0, 0.1) is 17.6 Å². The highest BCUT2D eigenvalue weighted by molar-refractivity contribution is 7.89. The fourth-order valence-corrected chi connectivity index (χ4v) is 5.13. The van der Waals surface area contributed by atoms with E-state index in [-0.39, 0.29) is 32.5 Å². The Hall–Kier alpha value is -3.11. The molecule has 32 heavy (non-hydrogen) atoms. The molecule has 0 aliphatic carbocycles. The number of hydrogen-bond acceptors (Lipinski definition) is 5. The average molecular weight is 461 g/mol. The van der Waals surface area contributed by atoms with E-state index in [1.807, 2.05) is 36.5 Å². The summed E-state index contributed by atoms with van der Waals surface area (Å²) in [5.41, 5.74) is 1.70. The lowest BCUT2D eigenvalue weighted by atomic mass is 9.98. The summed E-state index contributed by atoms with van der Waals surface area (Å²) >= 11 is 0. The van der Waals surface area contributed by atoms with Crippen molar-refractivity contribution in [3.63, 3.8) is 0 Å². The van der Waals surface area contributed by atoms with Crippen molar-refractivity contribution in [1.29, 1.82) is 0 Å². The predicted octanol–water partition coefficient (Wildman–Crippen LogP) is 3.29. The van der Waals surface area contributed by atoms with Crippen molar-refractivity contribution in [2.75, 3.05) is 13.1 Å². The lowest BCUT2D eigenvalue weighted by Crippen LogP contribution is -2.40. The Morgan fingerprint density at radius 1 is 1.09 bits per heavy atom. The second-order valence-corrected chi connectivity index (χ2v) is 9.38. The number of halogens is 2. The minimum atomic E-state index is -4.18. The van der Waals surface area contributed by atoms with Gasteiger partial charge in [0.15, 0.2) is 0 Å². The van der Waals surface area contributed by atoms with Crippen molar-refractivity contribution in [1.82, 2.24) is 14.1 Å². The van der Waals surface area contributed by atoms with Crippen LogP contribution in [0.4, 0.5) is 8.78 Å². The van der Waals surface area contributed by atoms with Crippen LogP contribution in [0.3, 0.4) is 0 Å². The molecule has 0 amide bonds. The molecule has 10 heteroatoms. The lowest BCUT2D eigenvalue weighted by molar-refractivity contribution is -0.151. The first-order valence-electron chi connectivity index (χ1n) is 10.1. The Kier molecular flexibility index (Phi) is 6.33. The molecule has 1 aliphatic heterocycles. The molecule has 0 atom stereocenters. The van der Waals surface area contributed by atoms with Crippen LogP contribution in [-0.2, 0) is 26.2 Å². The van der Waals surface area contributed by atoms with Crippen molar-refractivity contribution in [2.24, 2.45) is 5.92 Å². The molecule has 0 spiro atoms. The molecule has 0 N–H and O–H groups in total. The van der Waals surface area contributed by atoms with Crippen molar-refractivity contribution in [3.05, 3.63) is 78.1 Å². The van der Waals surface area contributed by atoms with Gasteiger partial charge in [0.2, 0.25) is 10.0 Å². The number of carbonyl (C=O) groups excluding carboxylic acids is 1. The molecule has 0 bridgehead atoms. The summed E-state index contributed by atoms with van der Waals surface area (Å²) in [4.78, 5) is 11.7. The molecule has 2 aromatic carbocycles. The Labute approximate surface area is 184 Å². The van der Waals surface area contributed by atoms with Gasteiger partial charge in [-0.05, 0) is 54.8 Å². The number of piperidine rings is 1. The summed E-state index contributed by atoms with van der Waals surface area (Å²) in [6.07, 6.45) is 3.99. The number of benzene rings is 2. The summed E-state index contributed by atoms with van der Waals surface area (Å²) in [7, 11) is -4.18. The monoisotopic (exact) mass is 461 g/mol. The van der Waals surface area contributed by atoms with Gasteiger partial charge in [-0.3, -0.25) is 4.79 Å². The van der Waals surface area contributed by atoms with E-state index in [4.69, 9.17) is 4.74 Å². The van der Waals surface area contributed by atoms with E-state index in [9.17, 15) is 22.0 Å². The second-order valence-electron chi connectivity index (χ2n) is 7.48. The first-order valence-corrected chi connectivity index (χ1v) is 11.5. The first kappa shape index (κ1) is 22.1. The van der Waals surface area contributed by atoms with E-state index in [0.29, 0.717) is 6.07 Å². The predicted molar refractivity (Wildman–Crippen MR) is 111 cm³/mol. The van der Waals surface area contributed by atoms with E-state index in [2.05, 4.69) is 5.10 Å². The quantitative estimate of drug-likeness (QED) is 0.526. The van der Waals surface area contributed by atoms with Crippen LogP contribution in [0.2, 0.25) is 0 Å². The van der Waals surface area contributed by atoms with Crippen molar-refractivity contribution in [3.8, 4) is 5.69 Å². The van der Waals surface area contributed by atoms with Crippen molar-refractivity contribution < 1.29 is 26.7 Å². The number of hydrogen-bond donors (Lipinski definition) is 0. The van der Waals surface area contributed by atoms with Gasteiger partial charge in [0, 0.05) is 25.5 Å². The van der Waals surface area contributed by atoms with Crippen LogP contribution >= 0.6 is 0 Å². The summed E-state index contributed by atoms with van der Waals surface area (Å²) in [5, 5.41) is 4.15. The maximum atomic E-state index is 13.9. The van der Waals surface area contributed by atoms with Gasteiger partial charge in [-0.2, -0.15) is 9.40 Å². The molecule has 3 aromatic rings. The fourth-order valence-electron chi connectivity index (χ4n) is 3.58. The normalized spacial score (nSPS) is 15.6. The van der Waals surface area contributed by atoms with E-state index < -0.39 is 38.4 Å². The number of carbonyl (C=O) groups is 1. The molecule has 168 valence electrons. The Morgan fingerprint density at radius 3 is 2.47 bits per heavy atom. The van der Waals surface area contributed by atoms with Gasteiger partial charge >= 0.3 is 5.97 Å². The molecular weight excluding hydrogens is 440 g/mol. The smallest absolute Gasteiger partial charge is 0.309 e. The number of aromatic nitrogens is 2. The third kappa shape index (κ3) is 4.71. The third-order valence-electron chi connectivity index (χ3n) is 5.38. The standard InChI is InChI=1S/C22H21F2N3O4S/c23-18-4-7-20(24)21(14-18)32(29,30)26-12-8-17(9-13-26)22(28)31-15-16-2-5-19(6-3-16)27-11-1-10-25-27/h1-7,10-11,14,17H,8-9,12-13,15H2. The zero-order valence-corrected chi connectivity index (χ0v) is 17.8. The maximum Gasteiger partial charge on any atom is 0.309 e. The van der Waals surface area contributed by atoms with Gasteiger partial charge in [-0.25, -0.2) is 21.9 Å². The summed E-state index contributed by atoms with van der Waals surface area (Å²) < 4.78 is 60.9. The second kappa shape index (κ2) is 9.17. The lowest BCUT2D eigenvalue weighted by Gasteiger charge is -2.30. The molecule has 1 aliphatic rings. The molecule has 1 saturated heterocycles. The van der Waals surface area contributed by atoms with Crippen LogP contribution < -0.4 is 0 Å². The Bertz CT molecular complexity index is 1190. The highest BCUT2D eigenvalue weighted by Crippen LogP contribution is 2.26. The zero-order chi connectivity index (χ0) is 22.7. The van der Waals surface area contributed by atoms with Crippen LogP contribution in [0.5, 0.6) is 0 Å². The van der Waals surface area contributed by atoms with Gasteiger partial charge in [0.25, 0.3) is 0 Å². The van der Waals surface area contributed by atoms with Crippen LogP contribution in [0.15, 0.2) is 65.8 Å². The third-order valence-corrected chi connectivity index (χ3v) is 7.30. The maximum absolute atomic E-state index is 13.9. The minimum absolute atomic E-state index is 0.0244. The van der Waals surface area contributed by atoms with Gasteiger partial charge in [0.05, 0.1) is 11.6 Å². The molecule has 1 aromatic heterocycles. The summed E-state index contributed by atoms with van der Waals surface area (Å²) in [6, 6.07) is 11.6. The topological polar surface area (TPSA) is 81.5 Å². The number of ether oxygens (including phenoxy) is 1. The highest BCUT2D eigenvalue weighted by Gasteiger charge is 2.34. The van der Waals surface area contributed by atoms with E-state index in [1.54, 1.807) is 10.9 Å². The molecule has 4 rings (SSSR count). The van der Waals surface area contributed by atoms with Gasteiger partial charge < -0.3 is 4.74 Å². The van der Waals surface area contributed by atoms with Gasteiger partial charge in [-0.15, -0.1) is 0 Å². The minimum Gasteiger partial charge on any atom is -0.461 e. The summed E-state index contributed by atoms with van der Waals surface area (Å²) in [6.45, 7) is 0.151. The van der Waals surface area contributed by atoms with E-state index in [0.717, 1.165) is 27.7 Å². The van der Waals surface area contributed by atoms with Crippen molar-refractivity contribution >= 4 is 16.0 Å². The van der Waals surface area contributed by atoms with E-state index in [1.165, 1.54) is 0 Å². The molecule has 2 heterocycles. The number of esters is 1. The van der Waals surface area contributed by atoms with Gasteiger partial charge in [0.1, 0.15) is 23.1 Å². The van der Waals surface area contributed by atoms with Crippen LogP contribution in [0.1, 0.15) is 18.4 Å². The number of nitrogens with zero attached hydrogens (tertiary/aromatic N) is 3. The first-order chi connectivity index (χ1) is 15.3. The molecular formula is C22H21F2N3O4S. The Balaban J connectivity index is 1.31. The molecule has 1 fully saturated rings. The highest BCUT2D eigenvalue weighted by atomic mass is 32.2. The Morgan fingerprint density at radius 2 is 1.81 bits per heavy atom. The molecule has 0 unspecified atom stereocenters. The van der Waals surface area contributed by atoms with Gasteiger partial charge in [-0.1, -0.05) is 12.1 Å². The molecule has 0 radical (unpaired) electrons.